The van der Waals surface area contributed by atoms with Crippen molar-refractivity contribution in [3.05, 3.63) is 12.3 Å². The zero-order valence-electron chi connectivity index (χ0n) is 8.03. The summed E-state index contributed by atoms with van der Waals surface area (Å²) in [5, 5.41) is 10.9. The van der Waals surface area contributed by atoms with Gasteiger partial charge in [-0.2, -0.15) is 0 Å². The SMILES string of the molecule is O=CNCCCNC(=O)Nc1ccno1. The molecule has 15 heavy (non-hydrogen) atoms. The Morgan fingerprint density at radius 3 is 3.07 bits per heavy atom. The van der Waals surface area contributed by atoms with Crippen LogP contribution in [-0.4, -0.2) is 30.7 Å². The van der Waals surface area contributed by atoms with Crippen LogP contribution in [0, 0.1) is 0 Å². The average Bonchev–Trinajstić information content (AvgIpc) is 2.70. The van der Waals surface area contributed by atoms with Crippen molar-refractivity contribution in [1.29, 1.82) is 0 Å². The van der Waals surface area contributed by atoms with Crippen molar-refractivity contribution in [2.45, 2.75) is 6.42 Å². The Bertz CT molecular complexity index is 299. The molecule has 0 fully saturated rings. The molecule has 1 rings (SSSR count). The quantitative estimate of drug-likeness (QED) is 0.454. The highest BCUT2D eigenvalue weighted by Gasteiger charge is 2.02. The first-order chi connectivity index (χ1) is 7.33. The fourth-order valence-corrected chi connectivity index (χ4v) is 0.888. The van der Waals surface area contributed by atoms with Gasteiger partial charge in [-0.15, -0.1) is 0 Å². The highest BCUT2D eigenvalue weighted by Crippen LogP contribution is 2.02. The molecule has 0 atom stereocenters. The maximum atomic E-state index is 11.1. The van der Waals surface area contributed by atoms with Crippen LogP contribution in [0.4, 0.5) is 10.7 Å². The van der Waals surface area contributed by atoms with E-state index in [0.29, 0.717) is 31.8 Å². The molecule has 0 aliphatic rings. The van der Waals surface area contributed by atoms with E-state index in [-0.39, 0.29) is 6.03 Å². The summed E-state index contributed by atoms with van der Waals surface area (Å²) in [5.74, 6) is 0.290. The first-order valence-corrected chi connectivity index (χ1v) is 4.45. The van der Waals surface area contributed by atoms with E-state index in [0.717, 1.165) is 0 Å². The van der Waals surface area contributed by atoms with Gasteiger partial charge in [-0.25, -0.2) is 4.79 Å². The van der Waals surface area contributed by atoms with Gasteiger partial charge in [0.05, 0.1) is 6.20 Å². The molecule has 0 radical (unpaired) electrons. The van der Waals surface area contributed by atoms with E-state index in [1.54, 1.807) is 0 Å². The minimum atomic E-state index is -0.363. The highest BCUT2D eigenvalue weighted by molar-refractivity contribution is 5.87. The molecule has 82 valence electrons. The summed E-state index contributed by atoms with van der Waals surface area (Å²) in [4.78, 5) is 21.0. The van der Waals surface area contributed by atoms with E-state index in [1.165, 1.54) is 12.3 Å². The summed E-state index contributed by atoms with van der Waals surface area (Å²) < 4.78 is 4.67. The van der Waals surface area contributed by atoms with Gasteiger partial charge in [0.1, 0.15) is 0 Å². The lowest BCUT2D eigenvalue weighted by atomic mass is 10.4. The molecule has 0 aliphatic heterocycles. The number of rotatable bonds is 6. The number of hydrogen-bond donors (Lipinski definition) is 3. The zero-order chi connectivity index (χ0) is 10.9. The molecule has 0 unspecified atom stereocenters. The van der Waals surface area contributed by atoms with Crippen LogP contribution in [0.5, 0.6) is 0 Å². The Labute approximate surface area is 86.2 Å². The summed E-state index contributed by atoms with van der Waals surface area (Å²) in [6.45, 7) is 1.01. The maximum absolute atomic E-state index is 11.1. The van der Waals surface area contributed by atoms with Crippen LogP contribution in [0.3, 0.4) is 0 Å². The van der Waals surface area contributed by atoms with Gasteiger partial charge in [0, 0.05) is 19.2 Å². The van der Waals surface area contributed by atoms with Gasteiger partial charge in [-0.3, -0.25) is 10.1 Å². The number of carbonyl (C=O) groups is 2. The second kappa shape index (κ2) is 6.41. The molecular formula is C8H12N4O3. The van der Waals surface area contributed by atoms with E-state index in [2.05, 4.69) is 25.6 Å². The van der Waals surface area contributed by atoms with Gasteiger partial charge in [0.25, 0.3) is 0 Å². The first-order valence-electron chi connectivity index (χ1n) is 4.45. The fraction of sp³-hybridized carbons (Fsp3) is 0.375. The minimum Gasteiger partial charge on any atom is -0.359 e. The number of nitrogens with one attached hydrogen (secondary N) is 3. The summed E-state index contributed by atoms with van der Waals surface area (Å²) in [6, 6.07) is 1.17. The Balaban J connectivity index is 2.06. The molecule has 1 aromatic rings. The largest absolute Gasteiger partial charge is 0.359 e. The standard InChI is InChI=1S/C8H12N4O3/c13-6-9-3-1-4-10-8(14)12-7-2-5-11-15-7/h2,5-6H,1,3-4H2,(H,9,13)(H2,10,12,14). The molecule has 7 heteroatoms. The van der Waals surface area contributed by atoms with Crippen molar-refractivity contribution in [3.8, 4) is 0 Å². The van der Waals surface area contributed by atoms with Crippen molar-refractivity contribution in [2.75, 3.05) is 18.4 Å². The molecule has 0 aromatic carbocycles. The van der Waals surface area contributed by atoms with Crippen molar-refractivity contribution >= 4 is 18.3 Å². The van der Waals surface area contributed by atoms with Crippen LogP contribution in [0.1, 0.15) is 6.42 Å². The lowest BCUT2D eigenvalue weighted by Crippen LogP contribution is -2.30. The monoisotopic (exact) mass is 212 g/mol. The predicted octanol–water partition coefficient (Wildman–Crippen LogP) is -0.0678. The van der Waals surface area contributed by atoms with Gasteiger partial charge >= 0.3 is 6.03 Å². The Morgan fingerprint density at radius 2 is 2.40 bits per heavy atom. The van der Waals surface area contributed by atoms with E-state index in [1.807, 2.05) is 0 Å². The summed E-state index contributed by atoms with van der Waals surface area (Å²) in [6.07, 6.45) is 2.72. The second-order valence-electron chi connectivity index (χ2n) is 2.68. The Morgan fingerprint density at radius 1 is 1.53 bits per heavy atom. The van der Waals surface area contributed by atoms with E-state index in [4.69, 9.17) is 0 Å². The lowest BCUT2D eigenvalue weighted by Gasteiger charge is -2.04. The third-order valence-corrected chi connectivity index (χ3v) is 1.54. The molecule has 0 spiro atoms. The normalized spacial score (nSPS) is 9.33. The van der Waals surface area contributed by atoms with E-state index >= 15 is 0 Å². The van der Waals surface area contributed by atoms with Crippen molar-refractivity contribution in [3.63, 3.8) is 0 Å². The number of carbonyl (C=O) groups excluding carboxylic acids is 2. The molecule has 0 saturated heterocycles. The molecule has 1 aromatic heterocycles. The number of nitrogens with zero attached hydrogens (tertiary/aromatic N) is 1. The smallest absolute Gasteiger partial charge is 0.321 e. The number of anilines is 1. The predicted molar refractivity (Wildman–Crippen MR) is 52.2 cm³/mol. The fourth-order valence-electron chi connectivity index (χ4n) is 0.888. The zero-order valence-corrected chi connectivity index (χ0v) is 8.03. The molecule has 0 aliphatic carbocycles. The minimum absolute atomic E-state index is 0.290. The summed E-state index contributed by atoms with van der Waals surface area (Å²) >= 11 is 0. The van der Waals surface area contributed by atoms with Crippen LogP contribution in [0.2, 0.25) is 0 Å². The molecule has 3 N–H and O–H groups in total. The highest BCUT2D eigenvalue weighted by atomic mass is 16.5. The topological polar surface area (TPSA) is 96.3 Å². The van der Waals surface area contributed by atoms with E-state index in [9.17, 15) is 9.59 Å². The number of aromatic nitrogens is 1. The Kier molecular flexibility index (Phi) is 4.71. The molecule has 7 nitrogen and oxygen atoms in total. The summed E-state index contributed by atoms with van der Waals surface area (Å²) in [5.41, 5.74) is 0. The summed E-state index contributed by atoms with van der Waals surface area (Å²) in [7, 11) is 0. The number of amides is 3. The van der Waals surface area contributed by atoms with Gasteiger partial charge in [-0.05, 0) is 6.42 Å². The van der Waals surface area contributed by atoms with Crippen molar-refractivity contribution in [2.24, 2.45) is 0 Å². The maximum Gasteiger partial charge on any atom is 0.321 e. The number of urea groups is 1. The second-order valence-corrected chi connectivity index (χ2v) is 2.68. The Hall–Kier alpha value is -2.05. The first kappa shape index (κ1) is 11.0. The van der Waals surface area contributed by atoms with Gasteiger partial charge in [-0.1, -0.05) is 5.16 Å². The van der Waals surface area contributed by atoms with E-state index < -0.39 is 0 Å². The van der Waals surface area contributed by atoms with Crippen LogP contribution < -0.4 is 16.0 Å². The van der Waals surface area contributed by atoms with Crippen molar-refractivity contribution in [1.82, 2.24) is 15.8 Å². The molecular weight excluding hydrogens is 200 g/mol. The molecule has 3 amide bonds. The van der Waals surface area contributed by atoms with Crippen LogP contribution in [0.25, 0.3) is 0 Å². The van der Waals surface area contributed by atoms with Crippen molar-refractivity contribution < 1.29 is 14.1 Å². The third kappa shape index (κ3) is 4.65. The van der Waals surface area contributed by atoms with Crippen LogP contribution in [-0.2, 0) is 4.79 Å². The average molecular weight is 212 g/mol. The number of hydrogen-bond acceptors (Lipinski definition) is 4. The lowest BCUT2D eigenvalue weighted by molar-refractivity contribution is -0.109. The molecule has 0 bridgehead atoms. The van der Waals surface area contributed by atoms with Crippen LogP contribution >= 0.6 is 0 Å². The molecule has 0 saturated carbocycles. The third-order valence-electron chi connectivity index (χ3n) is 1.54. The van der Waals surface area contributed by atoms with Gasteiger partial charge < -0.3 is 15.2 Å². The van der Waals surface area contributed by atoms with Gasteiger partial charge in [0.15, 0.2) is 0 Å². The molecule has 1 heterocycles. The van der Waals surface area contributed by atoms with Crippen LogP contribution in [0.15, 0.2) is 16.8 Å². The van der Waals surface area contributed by atoms with Gasteiger partial charge in [0.2, 0.25) is 12.3 Å².